The highest BCUT2D eigenvalue weighted by atomic mass is 19.1. The van der Waals surface area contributed by atoms with E-state index in [0.29, 0.717) is 18.7 Å². The van der Waals surface area contributed by atoms with Gasteiger partial charge in [-0.3, -0.25) is 0 Å². The van der Waals surface area contributed by atoms with E-state index < -0.39 is 0 Å². The van der Waals surface area contributed by atoms with Crippen LogP contribution in [0, 0.1) is 12.7 Å². The van der Waals surface area contributed by atoms with Gasteiger partial charge in [0.1, 0.15) is 5.82 Å². The Morgan fingerprint density at radius 2 is 2.00 bits per heavy atom. The van der Waals surface area contributed by atoms with Gasteiger partial charge in [0.05, 0.1) is 11.9 Å². The Labute approximate surface area is 145 Å². The molecule has 6 heteroatoms. The molecule has 1 aromatic heterocycles. The second-order valence-corrected chi connectivity index (χ2v) is 5.72. The first-order valence-electron chi connectivity index (χ1n) is 8.02. The SMILES string of the molecule is Cc1ccc(F)cc1NC(=O)NCCc1cnn(-c2ccccc2)c1. The highest BCUT2D eigenvalue weighted by molar-refractivity contribution is 5.90. The van der Waals surface area contributed by atoms with Crippen LogP contribution < -0.4 is 10.6 Å². The number of benzene rings is 2. The number of hydrogen-bond acceptors (Lipinski definition) is 2. The Hall–Kier alpha value is -3.15. The minimum Gasteiger partial charge on any atom is -0.338 e. The molecule has 0 atom stereocenters. The minimum absolute atomic E-state index is 0.357. The summed E-state index contributed by atoms with van der Waals surface area (Å²) in [5.74, 6) is -0.380. The zero-order chi connectivity index (χ0) is 17.6. The summed E-state index contributed by atoms with van der Waals surface area (Å²) in [4.78, 5) is 11.9. The molecule has 2 N–H and O–H groups in total. The molecule has 3 aromatic rings. The standard InChI is InChI=1S/C19H19FN4O/c1-14-7-8-16(20)11-18(14)23-19(25)21-10-9-15-12-22-24(13-15)17-5-3-2-4-6-17/h2-8,11-13H,9-10H2,1H3,(H2,21,23,25). The van der Waals surface area contributed by atoms with Crippen LogP contribution in [0.4, 0.5) is 14.9 Å². The summed E-state index contributed by atoms with van der Waals surface area (Å²) in [6.07, 6.45) is 4.37. The van der Waals surface area contributed by atoms with Crippen molar-refractivity contribution >= 4 is 11.7 Å². The lowest BCUT2D eigenvalue weighted by molar-refractivity contribution is 0.252. The van der Waals surface area contributed by atoms with Gasteiger partial charge in [0.25, 0.3) is 0 Å². The lowest BCUT2D eigenvalue weighted by Gasteiger charge is -2.09. The fraction of sp³-hybridized carbons (Fsp3) is 0.158. The molecule has 0 saturated carbocycles. The molecule has 3 rings (SSSR count). The summed E-state index contributed by atoms with van der Waals surface area (Å²) in [5.41, 5.74) is 3.28. The number of hydrogen-bond donors (Lipinski definition) is 2. The first-order chi connectivity index (χ1) is 12.1. The van der Waals surface area contributed by atoms with Crippen LogP contribution in [0.15, 0.2) is 60.9 Å². The van der Waals surface area contributed by atoms with Crippen molar-refractivity contribution < 1.29 is 9.18 Å². The maximum atomic E-state index is 13.2. The van der Waals surface area contributed by atoms with E-state index in [0.717, 1.165) is 16.8 Å². The van der Waals surface area contributed by atoms with Gasteiger partial charge in [-0.15, -0.1) is 0 Å². The zero-order valence-electron chi connectivity index (χ0n) is 13.9. The van der Waals surface area contributed by atoms with E-state index >= 15 is 0 Å². The summed E-state index contributed by atoms with van der Waals surface area (Å²) >= 11 is 0. The van der Waals surface area contributed by atoms with Crippen molar-refractivity contribution in [2.24, 2.45) is 0 Å². The second kappa shape index (κ2) is 7.61. The van der Waals surface area contributed by atoms with Crippen molar-refractivity contribution in [2.45, 2.75) is 13.3 Å². The number of urea groups is 1. The average Bonchev–Trinajstić information content (AvgIpc) is 3.08. The molecule has 2 aromatic carbocycles. The quantitative estimate of drug-likeness (QED) is 0.745. The Balaban J connectivity index is 1.50. The molecule has 128 valence electrons. The number of nitrogens with one attached hydrogen (secondary N) is 2. The maximum absolute atomic E-state index is 13.2. The van der Waals surface area contributed by atoms with Gasteiger partial charge in [-0.1, -0.05) is 24.3 Å². The number of halogens is 1. The molecule has 0 aliphatic rings. The Morgan fingerprint density at radius 3 is 2.80 bits per heavy atom. The third-order valence-corrected chi connectivity index (χ3v) is 3.80. The topological polar surface area (TPSA) is 59.0 Å². The van der Waals surface area contributed by atoms with Crippen LogP contribution >= 0.6 is 0 Å². The summed E-state index contributed by atoms with van der Waals surface area (Å²) < 4.78 is 15.0. The molecule has 0 fully saturated rings. The molecule has 25 heavy (non-hydrogen) atoms. The van der Waals surface area contributed by atoms with E-state index in [4.69, 9.17) is 0 Å². The monoisotopic (exact) mass is 338 g/mol. The van der Waals surface area contributed by atoms with E-state index in [1.807, 2.05) is 43.5 Å². The molecule has 0 spiro atoms. The Morgan fingerprint density at radius 1 is 1.20 bits per heavy atom. The summed E-state index contributed by atoms with van der Waals surface area (Å²) in [6.45, 7) is 2.27. The van der Waals surface area contributed by atoms with Gasteiger partial charge in [0, 0.05) is 18.4 Å². The van der Waals surface area contributed by atoms with Gasteiger partial charge in [0.2, 0.25) is 0 Å². The van der Waals surface area contributed by atoms with Crippen LogP contribution in [0.5, 0.6) is 0 Å². The number of aryl methyl sites for hydroxylation is 1. The summed E-state index contributed by atoms with van der Waals surface area (Å²) in [6, 6.07) is 13.8. The van der Waals surface area contributed by atoms with Crippen LogP contribution in [0.3, 0.4) is 0 Å². The van der Waals surface area contributed by atoms with Crippen LogP contribution in [0.1, 0.15) is 11.1 Å². The molecular weight excluding hydrogens is 319 g/mol. The van der Waals surface area contributed by atoms with Crippen LogP contribution in [0.2, 0.25) is 0 Å². The predicted molar refractivity (Wildman–Crippen MR) is 95.4 cm³/mol. The number of nitrogens with zero attached hydrogens (tertiary/aromatic N) is 2. The van der Waals surface area contributed by atoms with E-state index in [2.05, 4.69) is 15.7 Å². The smallest absolute Gasteiger partial charge is 0.319 e. The number of anilines is 1. The van der Waals surface area contributed by atoms with Crippen molar-refractivity contribution in [1.82, 2.24) is 15.1 Å². The van der Waals surface area contributed by atoms with E-state index in [9.17, 15) is 9.18 Å². The molecule has 0 saturated heterocycles. The van der Waals surface area contributed by atoms with E-state index in [1.54, 1.807) is 16.9 Å². The average molecular weight is 338 g/mol. The molecular formula is C19H19FN4O. The maximum Gasteiger partial charge on any atom is 0.319 e. The molecule has 0 radical (unpaired) electrons. The van der Waals surface area contributed by atoms with Gasteiger partial charge in [-0.2, -0.15) is 5.10 Å². The first-order valence-corrected chi connectivity index (χ1v) is 8.02. The van der Waals surface area contributed by atoms with Crippen molar-refractivity contribution in [3.05, 3.63) is 77.9 Å². The number of rotatable bonds is 5. The number of carbonyl (C=O) groups is 1. The fourth-order valence-corrected chi connectivity index (χ4v) is 2.43. The number of para-hydroxylation sites is 1. The summed E-state index contributed by atoms with van der Waals surface area (Å²) in [5, 5.41) is 9.74. The highest BCUT2D eigenvalue weighted by Gasteiger charge is 2.06. The summed E-state index contributed by atoms with van der Waals surface area (Å²) in [7, 11) is 0. The minimum atomic E-state index is -0.380. The lowest BCUT2D eigenvalue weighted by Crippen LogP contribution is -2.30. The van der Waals surface area contributed by atoms with Crippen molar-refractivity contribution in [2.75, 3.05) is 11.9 Å². The van der Waals surface area contributed by atoms with Crippen LogP contribution in [-0.4, -0.2) is 22.4 Å². The normalized spacial score (nSPS) is 10.5. The third kappa shape index (κ3) is 4.44. The van der Waals surface area contributed by atoms with Gasteiger partial charge in [0.15, 0.2) is 0 Å². The number of aromatic nitrogens is 2. The number of amides is 2. The van der Waals surface area contributed by atoms with Crippen molar-refractivity contribution in [3.8, 4) is 5.69 Å². The van der Waals surface area contributed by atoms with Gasteiger partial charge >= 0.3 is 6.03 Å². The van der Waals surface area contributed by atoms with Gasteiger partial charge in [-0.05, 0) is 48.7 Å². The largest absolute Gasteiger partial charge is 0.338 e. The molecule has 2 amide bonds. The Kier molecular flexibility index (Phi) is 5.09. The molecule has 0 aliphatic carbocycles. The molecule has 0 aliphatic heterocycles. The molecule has 0 bridgehead atoms. The molecule has 0 unspecified atom stereocenters. The van der Waals surface area contributed by atoms with Gasteiger partial charge < -0.3 is 10.6 Å². The van der Waals surface area contributed by atoms with Crippen LogP contribution in [-0.2, 0) is 6.42 Å². The fourth-order valence-electron chi connectivity index (χ4n) is 2.43. The Bertz CT molecular complexity index is 861. The van der Waals surface area contributed by atoms with Crippen molar-refractivity contribution in [1.29, 1.82) is 0 Å². The van der Waals surface area contributed by atoms with Crippen LogP contribution in [0.25, 0.3) is 5.69 Å². The van der Waals surface area contributed by atoms with E-state index in [1.165, 1.54) is 12.1 Å². The molecule has 1 heterocycles. The third-order valence-electron chi connectivity index (χ3n) is 3.80. The van der Waals surface area contributed by atoms with E-state index in [-0.39, 0.29) is 11.8 Å². The zero-order valence-corrected chi connectivity index (χ0v) is 13.9. The van der Waals surface area contributed by atoms with Crippen molar-refractivity contribution in [3.63, 3.8) is 0 Å². The predicted octanol–water partition coefficient (Wildman–Crippen LogP) is 3.68. The highest BCUT2D eigenvalue weighted by Crippen LogP contribution is 2.15. The molecule has 5 nitrogen and oxygen atoms in total. The first kappa shape index (κ1) is 16.7. The number of carbonyl (C=O) groups excluding carboxylic acids is 1. The van der Waals surface area contributed by atoms with Gasteiger partial charge in [-0.25, -0.2) is 13.9 Å². The lowest BCUT2D eigenvalue weighted by atomic mass is 10.2. The second-order valence-electron chi connectivity index (χ2n) is 5.72.